The Labute approximate surface area is 767 Å². The summed E-state index contributed by atoms with van der Waals surface area (Å²) < 4.78 is 99.0. The van der Waals surface area contributed by atoms with Gasteiger partial charge >= 0.3 is 0 Å². The van der Waals surface area contributed by atoms with Crippen molar-refractivity contribution in [1.82, 2.24) is 4.90 Å². The van der Waals surface area contributed by atoms with E-state index in [1.807, 2.05) is 210 Å². The lowest BCUT2D eigenvalue weighted by atomic mass is 9.49. The van der Waals surface area contributed by atoms with E-state index < -0.39 is 0 Å². The van der Waals surface area contributed by atoms with Crippen LogP contribution in [-0.4, -0.2) is 121 Å². The minimum atomic E-state index is -0.234. The highest BCUT2D eigenvalue weighted by Gasteiger charge is 2.18. The number of unbranched alkanes of at least 4 members (excludes halogenated alkanes) is 3. The lowest BCUT2D eigenvalue weighted by molar-refractivity contribution is -0.428. The summed E-state index contributed by atoms with van der Waals surface area (Å²) >= 11 is 0. The average molecular weight is 1750 g/mol. The number of anilines is 1. The number of halogens is 5. The minimum absolute atomic E-state index is 0.151. The first kappa shape index (κ1) is 105. The number of nitrogen functional groups attached to an aromatic ring is 1. The minimum Gasteiger partial charge on any atom is -0.493 e. The van der Waals surface area contributed by atoms with Gasteiger partial charge in [-0.2, -0.15) is 0 Å². The lowest BCUT2D eigenvalue weighted by Crippen LogP contribution is -2.26. The molecule has 0 heterocycles. The third kappa shape index (κ3) is 40.1. The van der Waals surface area contributed by atoms with Crippen LogP contribution in [0.15, 0.2) is 243 Å². The molecule has 0 aliphatic carbocycles. The number of hydrogen-bond donors (Lipinski definition) is 1. The van der Waals surface area contributed by atoms with Gasteiger partial charge in [-0.25, -0.2) is 22.0 Å². The second-order valence-electron chi connectivity index (χ2n) is 34.8. The van der Waals surface area contributed by atoms with Gasteiger partial charge in [0.2, 0.25) is 0 Å². The van der Waals surface area contributed by atoms with Gasteiger partial charge in [0.05, 0.1) is 33.0 Å². The van der Waals surface area contributed by atoms with E-state index in [0.717, 1.165) is 131 Å². The highest BCUT2D eigenvalue weighted by Crippen LogP contribution is 2.22. The fourth-order valence-electron chi connectivity index (χ4n) is 14.4. The zero-order chi connectivity index (χ0) is 93.6. The van der Waals surface area contributed by atoms with Crippen molar-refractivity contribution in [2.45, 2.75) is 191 Å². The van der Waals surface area contributed by atoms with E-state index in [9.17, 15) is 41.2 Å². The smallest absolute Gasteiger partial charge is 0.255 e. The monoisotopic (exact) mass is 1750 g/mol. The fraction of sp³-hybridized carbons (Fsp3) is 0.355. The van der Waals surface area contributed by atoms with E-state index in [-0.39, 0.29) is 74.2 Å². The Morgan fingerprint density at radius 3 is 0.899 bits per heavy atom. The number of nitroso groups, excluding NO2 is 1. The third-order valence-electron chi connectivity index (χ3n) is 21.8. The maximum Gasteiger partial charge on any atom is 0.255 e. The second kappa shape index (κ2) is 56.9. The molecule has 678 valence electrons. The Hall–Kier alpha value is -11.2. The number of rotatable bonds is 45. The van der Waals surface area contributed by atoms with Crippen LogP contribution >= 0.6 is 0 Å². The van der Waals surface area contributed by atoms with Crippen molar-refractivity contribution in [3.8, 4) is 28.7 Å². The van der Waals surface area contributed by atoms with Gasteiger partial charge in [0, 0.05) is 128 Å². The van der Waals surface area contributed by atoms with Crippen molar-refractivity contribution < 1.29 is 64.8 Å². The third-order valence-corrected chi connectivity index (χ3v) is 21.8. The van der Waals surface area contributed by atoms with Crippen LogP contribution < -0.4 is 56.7 Å². The molecule has 0 fully saturated rings. The number of ketones is 3. The molecule has 0 saturated carbocycles. The molecule has 22 heteroatoms. The van der Waals surface area contributed by atoms with Crippen molar-refractivity contribution in [3.63, 3.8) is 0 Å². The van der Waals surface area contributed by atoms with E-state index in [0.29, 0.717) is 146 Å². The van der Waals surface area contributed by atoms with E-state index in [4.69, 9.17) is 29.4 Å². The Balaban J connectivity index is 0.000000223. The highest BCUT2D eigenvalue weighted by molar-refractivity contribution is 6.72. The van der Waals surface area contributed by atoms with Crippen molar-refractivity contribution in [2.24, 2.45) is 0 Å². The molecule has 0 atom stereocenters. The maximum absolute atomic E-state index is 14.1. The van der Waals surface area contributed by atoms with Gasteiger partial charge < -0.3 is 34.3 Å². The Bertz CT molecular complexity index is 5250. The normalized spacial score (nSPS) is 10.6. The molecule has 11 rings (SSSR count). The van der Waals surface area contributed by atoms with Gasteiger partial charge in [0.25, 0.3) is 5.69 Å². The van der Waals surface area contributed by atoms with Crippen molar-refractivity contribution >= 4 is 89.6 Å². The Kier molecular flexibility index (Phi) is 46.3. The number of benzene rings is 11. The average Bonchev–Trinajstić information content (AvgIpc) is 0.869. The van der Waals surface area contributed by atoms with Crippen LogP contribution in [0.5, 0.6) is 28.7 Å². The van der Waals surface area contributed by atoms with E-state index in [2.05, 4.69) is 54.3 Å². The van der Waals surface area contributed by atoms with Gasteiger partial charge in [0.15, 0.2) is 40.6 Å². The summed E-state index contributed by atoms with van der Waals surface area (Å²) in [4.78, 5) is 49.9. The quantitative estimate of drug-likeness (QED) is 0.0128. The maximum atomic E-state index is 14.1. The summed E-state index contributed by atoms with van der Waals surface area (Å²) in [6.07, 6.45) is 14.0. The van der Waals surface area contributed by atoms with E-state index in [1.165, 1.54) is 42.9 Å². The molecule has 0 bridgehead atoms. The number of Topliss-reactive ketones (excluding diaryl/α,β-unsaturated/α-hetero) is 3. The number of carbonyl (C=O) groups is 3. The number of ether oxygens (including phenoxy) is 5. The van der Waals surface area contributed by atoms with Crippen LogP contribution in [0, 0.1) is 34.0 Å². The van der Waals surface area contributed by atoms with Crippen LogP contribution in [0.25, 0.3) is 0 Å². The van der Waals surface area contributed by atoms with Crippen LogP contribution in [0.3, 0.4) is 0 Å². The van der Waals surface area contributed by atoms with Crippen molar-refractivity contribution in [2.75, 3.05) is 66.5 Å². The lowest BCUT2D eigenvalue weighted by Gasteiger charge is -2.10. The molecule has 11 aromatic carbocycles. The summed E-state index contributed by atoms with van der Waals surface area (Å²) in [7, 11) is 5.50. The Morgan fingerprint density at radius 1 is 0.318 bits per heavy atom. The van der Waals surface area contributed by atoms with Gasteiger partial charge in [-0.1, -0.05) is 246 Å². The molecule has 0 saturated heterocycles. The molecular weight excluding hydrogens is 1620 g/mol. The molecule has 11 aromatic rings. The van der Waals surface area contributed by atoms with Crippen LogP contribution in [-0.2, 0) is 72.2 Å². The summed E-state index contributed by atoms with van der Waals surface area (Å²) in [6.45, 7) is 25.9. The molecule has 12 nitrogen and oxygen atoms in total. The summed E-state index contributed by atoms with van der Waals surface area (Å²) in [6, 6.07) is 75.0. The fourth-order valence-corrected chi connectivity index (χ4v) is 14.4. The SMILES string of the molecule is CB(C)c1ccc(OCCc2ccc(N)cc2)cc1F.CB(C)c1ccc(OCCc2cccc(CC(=O)CCCCc3ccccc3)c2)cc1F.CB(C)c1ccc(OCCc2cccc(CC(=O)CCCN(C)C)c2)cc1F.CB(C)c1ccc(OCCc2cccc([N+](C)=O)c2)cc1F.CCCCCC(=O)Cc1cccc(CCOc2ccc(B(C)C)c(F)c2)c1. The molecule has 2 N–H and O–H groups in total. The second-order valence-corrected chi connectivity index (χ2v) is 34.8. The number of nitrogens with zero attached hydrogens (tertiary/aromatic N) is 2. The molecule has 0 spiro atoms. The highest BCUT2D eigenvalue weighted by atomic mass is 19.1. The first-order valence-electron chi connectivity index (χ1n) is 45.8. The number of carbonyl (C=O) groups excluding carboxylic acids is 3. The zero-order valence-electron chi connectivity index (χ0n) is 78.5. The number of nitrogens with two attached hydrogens (primary N) is 1. The number of hydrogen-bond acceptors (Lipinski definition) is 11. The topological polar surface area (TPSA) is 147 Å². The van der Waals surface area contributed by atoms with Crippen molar-refractivity contribution in [3.05, 3.63) is 327 Å². The zero-order valence-corrected chi connectivity index (χ0v) is 78.5. The molecule has 129 heavy (non-hydrogen) atoms. The van der Waals surface area contributed by atoms with Gasteiger partial charge in [0.1, 0.15) is 75.2 Å². The number of aryl methyl sites for hydroxylation is 1. The standard InChI is InChI=1S/C28H32BFO2.C23H31BFNO2.C23H30BFO2.C17H20BFNO2.C16H19BFNO/c1-29(2)27-16-15-26(21-28(27)30)32-18-17-23-12-8-13-24(19-23)20-25(31)14-7-6-11-22-9-4-3-5-10-22;1-24(2)22-11-10-21(17-23(22)25)28-14-12-18-7-5-8-19(15-18)16-20(27)9-6-13-26(3)4;1-4-5-6-10-20(26)16-19-9-7-8-18(15-19)13-14-27-21-11-12-22(24(2)3)23(25)17-21;1-18(2)16-8-7-15(12-17(16)19)22-10-9-13-5-4-6-14(11-13)20(3)21;1-17(2)15-8-7-14(11-16(15)18)20-10-9-12-3-5-13(19)6-4-12/h3-5,8-10,12-13,15-16,19,21H,6-7,11,14,17-18,20H2,1-2H3;5,7-8,10-11,15,17H,6,9,12-14,16H2,1-4H3;7-9,11-12,15,17H,4-6,10,13-14,16H2,1-3H3;4-8,11-12H,9-10H2,1-3H3;3-8,11H,9-10,19H2,1-2H3/q;;;+1;. The molecule has 0 unspecified atom stereocenters. The summed E-state index contributed by atoms with van der Waals surface area (Å²) in [5.74, 6) is 2.52. The molecule has 0 amide bonds. The van der Waals surface area contributed by atoms with E-state index in [1.54, 1.807) is 42.5 Å². The molecule has 0 radical (unpaired) electrons. The molecular formula is C107H132B5F5N3O9+. The molecule has 0 aromatic heterocycles. The van der Waals surface area contributed by atoms with Gasteiger partial charge in [-0.05, 0) is 173 Å². The van der Waals surface area contributed by atoms with Gasteiger partial charge in [-0.3, -0.25) is 14.4 Å². The van der Waals surface area contributed by atoms with E-state index >= 15 is 0 Å². The summed E-state index contributed by atoms with van der Waals surface area (Å²) in [5.41, 5.74) is 20.5. The van der Waals surface area contributed by atoms with Crippen LogP contribution in [0.4, 0.5) is 33.3 Å². The molecule has 0 aliphatic rings. The largest absolute Gasteiger partial charge is 0.493 e. The van der Waals surface area contributed by atoms with Crippen LogP contribution in [0.2, 0.25) is 68.2 Å². The Morgan fingerprint density at radius 2 is 0.597 bits per heavy atom. The van der Waals surface area contributed by atoms with Crippen LogP contribution in [0.1, 0.15) is 115 Å². The van der Waals surface area contributed by atoms with Crippen molar-refractivity contribution in [1.29, 1.82) is 0 Å². The predicted octanol–water partition coefficient (Wildman–Crippen LogP) is 21.3. The first-order valence-corrected chi connectivity index (χ1v) is 45.8. The predicted molar refractivity (Wildman–Crippen MR) is 531 cm³/mol. The molecule has 0 aliphatic heterocycles. The van der Waals surface area contributed by atoms with Gasteiger partial charge in [-0.15, -0.1) is 0 Å². The summed E-state index contributed by atoms with van der Waals surface area (Å²) in [5, 5.41) is 0. The first-order chi connectivity index (χ1) is 61.9.